The number of esters is 1. The van der Waals surface area contributed by atoms with Crippen LogP contribution in [0.5, 0.6) is 0 Å². The van der Waals surface area contributed by atoms with Gasteiger partial charge in [0.25, 0.3) is 5.91 Å². The second kappa shape index (κ2) is 9.02. The number of hydrogen-bond acceptors (Lipinski definition) is 7. The number of carbonyl (C=O) groups is 2. The van der Waals surface area contributed by atoms with Crippen molar-refractivity contribution >= 4 is 38.9 Å². The van der Waals surface area contributed by atoms with Crippen LogP contribution in [-0.4, -0.2) is 49.3 Å². The molecule has 10 heteroatoms. The molecule has 2 heterocycles. The van der Waals surface area contributed by atoms with Crippen molar-refractivity contribution in [1.29, 1.82) is 0 Å². The van der Waals surface area contributed by atoms with E-state index in [9.17, 15) is 18.0 Å². The van der Waals surface area contributed by atoms with Crippen LogP contribution in [0, 0.1) is 13.8 Å². The molecule has 0 unspecified atom stereocenters. The first-order chi connectivity index (χ1) is 13.8. The maximum atomic E-state index is 12.6. The molecule has 1 aliphatic heterocycles. The highest BCUT2D eigenvalue weighted by molar-refractivity contribution is 7.89. The number of sulfonamides is 1. The Bertz CT molecular complexity index is 993. The minimum atomic E-state index is -3.51. The standard InChI is InChI=1S/C19H23N3O5S2/c1-13-18(28-14(2)20-13)19(24)27-12-17(23)21-15-6-8-16(9-7-15)29(25,26)22-10-4-3-5-11-22/h6-9H,3-5,10-12H2,1-2H3,(H,21,23). The van der Waals surface area contributed by atoms with Gasteiger partial charge in [-0.1, -0.05) is 6.42 Å². The molecular weight excluding hydrogens is 414 g/mol. The molecule has 1 N–H and O–H groups in total. The highest BCUT2D eigenvalue weighted by Gasteiger charge is 2.25. The molecule has 1 aromatic carbocycles. The Kier molecular flexibility index (Phi) is 6.66. The van der Waals surface area contributed by atoms with Crippen molar-refractivity contribution in [3.63, 3.8) is 0 Å². The van der Waals surface area contributed by atoms with Gasteiger partial charge in [-0.25, -0.2) is 18.2 Å². The Morgan fingerprint density at radius 2 is 1.79 bits per heavy atom. The highest BCUT2D eigenvalue weighted by atomic mass is 32.2. The molecule has 0 aliphatic carbocycles. The first-order valence-corrected chi connectivity index (χ1v) is 11.5. The summed E-state index contributed by atoms with van der Waals surface area (Å²) in [7, 11) is -3.51. The molecule has 0 atom stereocenters. The van der Waals surface area contributed by atoms with Crippen LogP contribution < -0.4 is 5.32 Å². The van der Waals surface area contributed by atoms with Crippen molar-refractivity contribution in [2.75, 3.05) is 25.0 Å². The van der Waals surface area contributed by atoms with E-state index in [2.05, 4.69) is 10.3 Å². The van der Waals surface area contributed by atoms with Gasteiger partial charge in [-0.15, -0.1) is 11.3 Å². The van der Waals surface area contributed by atoms with Crippen LogP contribution in [0.1, 0.15) is 39.6 Å². The molecule has 1 amide bonds. The third-order valence-electron chi connectivity index (χ3n) is 4.51. The molecule has 3 rings (SSSR count). The van der Waals surface area contributed by atoms with Crippen LogP contribution in [-0.2, 0) is 19.6 Å². The first-order valence-electron chi connectivity index (χ1n) is 9.28. The van der Waals surface area contributed by atoms with E-state index in [0.717, 1.165) is 24.3 Å². The lowest BCUT2D eigenvalue weighted by Crippen LogP contribution is -2.35. The molecular formula is C19H23N3O5S2. The number of rotatable bonds is 6. The fraction of sp³-hybridized carbons (Fsp3) is 0.421. The van der Waals surface area contributed by atoms with Gasteiger partial charge in [-0.3, -0.25) is 4.79 Å². The summed E-state index contributed by atoms with van der Waals surface area (Å²) in [6.07, 6.45) is 2.78. The Morgan fingerprint density at radius 1 is 1.14 bits per heavy atom. The van der Waals surface area contributed by atoms with E-state index in [1.807, 2.05) is 0 Å². The van der Waals surface area contributed by atoms with Crippen LogP contribution in [0.15, 0.2) is 29.2 Å². The minimum absolute atomic E-state index is 0.194. The van der Waals surface area contributed by atoms with Crippen LogP contribution in [0.2, 0.25) is 0 Å². The summed E-state index contributed by atoms with van der Waals surface area (Å²) in [5.74, 6) is -1.10. The summed E-state index contributed by atoms with van der Waals surface area (Å²) in [6.45, 7) is 4.12. The number of piperidine rings is 1. The predicted octanol–water partition coefficient (Wildman–Crippen LogP) is 2.73. The maximum absolute atomic E-state index is 12.6. The number of aryl methyl sites for hydroxylation is 2. The molecule has 1 fully saturated rings. The van der Waals surface area contributed by atoms with Crippen LogP contribution in [0.4, 0.5) is 5.69 Å². The van der Waals surface area contributed by atoms with Gasteiger partial charge in [-0.2, -0.15) is 4.31 Å². The molecule has 8 nitrogen and oxygen atoms in total. The first kappa shape index (κ1) is 21.4. The summed E-state index contributed by atoms with van der Waals surface area (Å²) >= 11 is 1.22. The quantitative estimate of drug-likeness (QED) is 0.697. The lowest BCUT2D eigenvalue weighted by Gasteiger charge is -2.25. The van der Waals surface area contributed by atoms with Crippen molar-refractivity contribution in [1.82, 2.24) is 9.29 Å². The van der Waals surface area contributed by atoms with E-state index in [1.165, 1.54) is 39.9 Å². The number of aromatic nitrogens is 1. The van der Waals surface area contributed by atoms with E-state index >= 15 is 0 Å². The molecule has 0 radical (unpaired) electrons. The molecule has 0 bridgehead atoms. The van der Waals surface area contributed by atoms with Crippen molar-refractivity contribution in [2.24, 2.45) is 0 Å². The number of carbonyl (C=O) groups excluding carboxylic acids is 2. The van der Waals surface area contributed by atoms with E-state index in [4.69, 9.17) is 4.74 Å². The van der Waals surface area contributed by atoms with Crippen LogP contribution in [0.25, 0.3) is 0 Å². The highest BCUT2D eigenvalue weighted by Crippen LogP contribution is 2.22. The smallest absolute Gasteiger partial charge is 0.350 e. The summed E-state index contributed by atoms with van der Waals surface area (Å²) < 4.78 is 31.8. The Hall–Kier alpha value is -2.30. The topological polar surface area (TPSA) is 106 Å². The molecule has 29 heavy (non-hydrogen) atoms. The van der Waals surface area contributed by atoms with Gasteiger partial charge in [-0.05, 0) is 51.0 Å². The summed E-state index contributed by atoms with van der Waals surface area (Å²) in [5.41, 5.74) is 0.997. The number of amides is 1. The minimum Gasteiger partial charge on any atom is -0.451 e. The monoisotopic (exact) mass is 437 g/mol. The zero-order chi connectivity index (χ0) is 21.0. The largest absolute Gasteiger partial charge is 0.451 e. The number of hydrogen-bond donors (Lipinski definition) is 1. The summed E-state index contributed by atoms with van der Waals surface area (Å²) in [6, 6.07) is 5.98. The number of ether oxygens (including phenoxy) is 1. The molecule has 2 aromatic rings. The van der Waals surface area contributed by atoms with Crippen molar-refractivity contribution in [3.8, 4) is 0 Å². The molecule has 0 saturated carbocycles. The second-order valence-electron chi connectivity index (χ2n) is 6.76. The lowest BCUT2D eigenvalue weighted by molar-refractivity contribution is -0.119. The number of benzene rings is 1. The van der Waals surface area contributed by atoms with E-state index in [1.54, 1.807) is 13.8 Å². The SMILES string of the molecule is Cc1nc(C)c(C(=O)OCC(=O)Nc2ccc(S(=O)(=O)N3CCCCC3)cc2)s1. The van der Waals surface area contributed by atoms with Crippen molar-refractivity contribution in [2.45, 2.75) is 38.0 Å². The zero-order valence-electron chi connectivity index (χ0n) is 16.3. The zero-order valence-corrected chi connectivity index (χ0v) is 17.9. The van der Waals surface area contributed by atoms with Gasteiger partial charge in [0.2, 0.25) is 10.0 Å². The van der Waals surface area contributed by atoms with Crippen molar-refractivity contribution < 1.29 is 22.7 Å². The van der Waals surface area contributed by atoms with Crippen molar-refractivity contribution in [3.05, 3.63) is 39.8 Å². The fourth-order valence-corrected chi connectivity index (χ4v) is 5.41. The van der Waals surface area contributed by atoms with E-state index in [0.29, 0.717) is 29.3 Å². The van der Waals surface area contributed by atoms with Gasteiger partial charge < -0.3 is 10.1 Å². The van der Waals surface area contributed by atoms with Gasteiger partial charge in [0.1, 0.15) is 4.88 Å². The van der Waals surface area contributed by atoms with Gasteiger partial charge in [0.15, 0.2) is 6.61 Å². The number of nitrogens with one attached hydrogen (secondary N) is 1. The third-order valence-corrected chi connectivity index (χ3v) is 7.48. The summed E-state index contributed by atoms with van der Waals surface area (Å²) in [5, 5.41) is 3.34. The van der Waals surface area contributed by atoms with E-state index < -0.39 is 28.5 Å². The second-order valence-corrected chi connectivity index (χ2v) is 9.90. The van der Waals surface area contributed by atoms with E-state index in [-0.39, 0.29) is 4.90 Å². The average Bonchev–Trinajstić information content (AvgIpc) is 3.05. The van der Waals surface area contributed by atoms with Crippen LogP contribution >= 0.6 is 11.3 Å². The molecule has 1 saturated heterocycles. The number of thiazole rings is 1. The molecule has 1 aliphatic rings. The Labute approximate surface area is 173 Å². The van der Waals surface area contributed by atoms with Gasteiger partial charge >= 0.3 is 5.97 Å². The molecule has 0 spiro atoms. The molecule has 156 valence electrons. The molecule has 1 aromatic heterocycles. The summed E-state index contributed by atoms with van der Waals surface area (Å²) in [4.78, 5) is 28.8. The van der Waals surface area contributed by atoms with Gasteiger partial charge in [0.05, 0.1) is 15.6 Å². The average molecular weight is 438 g/mol. The lowest BCUT2D eigenvalue weighted by atomic mass is 10.2. The fourth-order valence-electron chi connectivity index (χ4n) is 3.08. The Morgan fingerprint density at radius 3 is 2.38 bits per heavy atom. The third kappa shape index (κ3) is 5.20. The number of nitrogens with zero attached hydrogens (tertiary/aromatic N) is 2. The normalized spacial score (nSPS) is 15.1. The Balaban J connectivity index is 1.56. The van der Waals surface area contributed by atoms with Gasteiger partial charge in [0, 0.05) is 18.8 Å². The number of anilines is 1. The van der Waals surface area contributed by atoms with Crippen LogP contribution in [0.3, 0.4) is 0 Å². The predicted molar refractivity (Wildman–Crippen MR) is 110 cm³/mol. The maximum Gasteiger partial charge on any atom is 0.350 e.